The van der Waals surface area contributed by atoms with Gasteiger partial charge in [0, 0.05) is 60.3 Å². The number of hydrogen-bond donors (Lipinski definition) is 6. The first-order chi connectivity index (χ1) is 26.1. The van der Waals surface area contributed by atoms with E-state index in [1.54, 1.807) is 16.8 Å². The minimum absolute atomic E-state index is 0.0756. The number of amides is 6. The minimum Gasteiger partial charge on any atom is -0.397 e. The molecule has 0 radical (unpaired) electrons. The zero-order chi connectivity index (χ0) is 38.6. The van der Waals surface area contributed by atoms with E-state index in [1.807, 2.05) is 47.4 Å². The second kappa shape index (κ2) is 20.5. The molecule has 3 fully saturated rings. The third kappa shape index (κ3) is 11.1. The summed E-state index contributed by atoms with van der Waals surface area (Å²) in [5, 5.41) is 12.3. The molecule has 2 aromatic carbocycles. The van der Waals surface area contributed by atoms with Gasteiger partial charge in [-0.25, -0.2) is 9.59 Å². The molecule has 6 amide bonds. The molecular weight excluding hydrogens is 818 g/mol. The molecule has 3 aliphatic heterocycles. The van der Waals surface area contributed by atoms with Crippen molar-refractivity contribution in [2.24, 2.45) is 17.6 Å². The number of urea groups is 2. The third-order valence-electron chi connectivity index (χ3n) is 11.2. The maximum absolute atomic E-state index is 14.3. The number of unbranched alkanes of at least 4 members (excludes halogenated alkanes) is 1. The van der Waals surface area contributed by atoms with Crippen molar-refractivity contribution in [2.75, 3.05) is 63.5 Å². The average molecular weight is 876 g/mol. The molecule has 3 aliphatic rings. The summed E-state index contributed by atoms with van der Waals surface area (Å²) in [6.07, 6.45) is 7.52. The smallest absolute Gasteiger partial charge is 0.321 e. The fraction of sp³-hybridized carbons (Fsp3) is 0.590. The number of rotatable bonds is 13. The second-order valence-corrected chi connectivity index (χ2v) is 16.5. The summed E-state index contributed by atoms with van der Waals surface area (Å²) >= 11 is 7.02. The molecule has 2 atom stereocenters. The summed E-state index contributed by atoms with van der Waals surface area (Å²) < 4.78 is 1.34. The number of hydrogen-bond acceptors (Lipinski definition) is 7. The number of carbonyl (C=O) groups excluding carboxylic acids is 4. The number of anilines is 2. The van der Waals surface area contributed by atoms with Gasteiger partial charge in [-0.2, -0.15) is 0 Å². The van der Waals surface area contributed by atoms with Crippen LogP contribution in [0.3, 0.4) is 0 Å². The van der Waals surface area contributed by atoms with Crippen LogP contribution in [0.25, 0.3) is 0 Å². The van der Waals surface area contributed by atoms with Crippen molar-refractivity contribution in [1.82, 2.24) is 31.1 Å². The van der Waals surface area contributed by atoms with Crippen molar-refractivity contribution >= 4 is 67.1 Å². The fourth-order valence-electron chi connectivity index (χ4n) is 8.12. The first kappa shape index (κ1) is 41.8. The van der Waals surface area contributed by atoms with Crippen molar-refractivity contribution in [3.8, 4) is 0 Å². The number of carbonyl (C=O) groups is 4. The molecular formula is C39H57Br2N9O4. The van der Waals surface area contributed by atoms with Gasteiger partial charge in [0.1, 0.15) is 12.1 Å². The third-order valence-corrected chi connectivity index (χ3v) is 12.6. The van der Waals surface area contributed by atoms with E-state index in [4.69, 9.17) is 11.5 Å². The molecule has 15 heteroatoms. The summed E-state index contributed by atoms with van der Waals surface area (Å²) in [4.78, 5) is 60.5. The molecule has 3 heterocycles. The molecule has 0 bridgehead atoms. The maximum Gasteiger partial charge on any atom is 0.321 e. The van der Waals surface area contributed by atoms with E-state index in [9.17, 15) is 19.2 Å². The van der Waals surface area contributed by atoms with Gasteiger partial charge in [0.15, 0.2) is 0 Å². The van der Waals surface area contributed by atoms with Crippen LogP contribution in [0.2, 0.25) is 0 Å². The number of para-hydroxylation sites is 1. The Morgan fingerprint density at radius 1 is 0.852 bits per heavy atom. The number of likely N-dealkylation sites (tertiary alicyclic amines) is 2. The summed E-state index contributed by atoms with van der Waals surface area (Å²) in [6.45, 7) is 4.78. The first-order valence-corrected chi connectivity index (χ1v) is 21.0. The monoisotopic (exact) mass is 873 g/mol. The van der Waals surface area contributed by atoms with Crippen LogP contribution in [-0.4, -0.2) is 105 Å². The van der Waals surface area contributed by atoms with Gasteiger partial charge in [0.2, 0.25) is 11.8 Å². The van der Waals surface area contributed by atoms with E-state index < -0.39 is 18.0 Å². The largest absolute Gasteiger partial charge is 0.397 e. The van der Waals surface area contributed by atoms with E-state index in [2.05, 4.69) is 53.1 Å². The highest BCUT2D eigenvalue weighted by atomic mass is 79.9. The average Bonchev–Trinajstić information content (AvgIpc) is 3.20. The van der Waals surface area contributed by atoms with Crippen molar-refractivity contribution < 1.29 is 19.2 Å². The second-order valence-electron chi connectivity index (χ2n) is 14.8. The van der Waals surface area contributed by atoms with Crippen LogP contribution in [0.15, 0.2) is 51.4 Å². The van der Waals surface area contributed by atoms with Crippen LogP contribution in [0.1, 0.15) is 63.4 Å². The number of halogens is 2. The Labute approximate surface area is 336 Å². The lowest BCUT2D eigenvalue weighted by atomic mass is 9.79. The van der Waals surface area contributed by atoms with Crippen LogP contribution in [0.4, 0.5) is 21.0 Å². The molecule has 0 aromatic heterocycles. The normalized spacial score (nSPS) is 18.4. The zero-order valence-electron chi connectivity index (χ0n) is 31.3. The number of nitrogens with one attached hydrogen (secondary N) is 4. The predicted molar refractivity (Wildman–Crippen MR) is 220 cm³/mol. The highest BCUT2D eigenvalue weighted by Gasteiger charge is 2.35. The van der Waals surface area contributed by atoms with Gasteiger partial charge in [-0.1, -0.05) is 18.2 Å². The van der Waals surface area contributed by atoms with Crippen molar-refractivity contribution in [3.05, 3.63) is 57.0 Å². The van der Waals surface area contributed by atoms with Gasteiger partial charge in [-0.05, 0) is 151 Å². The lowest BCUT2D eigenvalue weighted by Crippen LogP contribution is -2.58. The molecule has 0 aliphatic carbocycles. The lowest BCUT2D eigenvalue weighted by Gasteiger charge is -2.39. The van der Waals surface area contributed by atoms with Gasteiger partial charge >= 0.3 is 12.1 Å². The number of piperidine rings is 3. The quantitative estimate of drug-likeness (QED) is 0.126. The summed E-state index contributed by atoms with van der Waals surface area (Å²) in [5.74, 6) is 0.821. The Morgan fingerprint density at radius 3 is 2.07 bits per heavy atom. The molecule has 5 rings (SSSR count). The van der Waals surface area contributed by atoms with E-state index >= 15 is 0 Å². The lowest BCUT2D eigenvalue weighted by molar-refractivity contribution is -0.138. The molecule has 54 heavy (non-hydrogen) atoms. The number of nitrogens with zero attached hydrogens (tertiary/aromatic N) is 3. The summed E-state index contributed by atoms with van der Waals surface area (Å²) in [7, 11) is 1.61. The minimum atomic E-state index is -0.972. The van der Waals surface area contributed by atoms with Crippen LogP contribution in [0, 0.1) is 11.8 Å². The van der Waals surface area contributed by atoms with Crippen molar-refractivity contribution in [1.29, 1.82) is 0 Å². The molecule has 13 nitrogen and oxygen atoms in total. The Kier molecular flexibility index (Phi) is 15.9. The van der Waals surface area contributed by atoms with Gasteiger partial charge in [0.25, 0.3) is 0 Å². The molecule has 3 saturated heterocycles. The van der Waals surface area contributed by atoms with Gasteiger partial charge in [-0.3, -0.25) is 14.5 Å². The topological polar surface area (TPSA) is 178 Å². The van der Waals surface area contributed by atoms with Crippen molar-refractivity contribution in [3.63, 3.8) is 0 Å². The number of benzene rings is 2. The highest BCUT2D eigenvalue weighted by Crippen LogP contribution is 2.32. The SMILES string of the molecule is CNC(=O)N(c1ccccc1)C1CCN(C(=O)N[C@H](Cc2cc(Br)c(N)c(Br)c2)C(=O)N[C@@H](CCCCN)C(=O)N2CCC(C3CCNCC3)CC2)CC1. The Bertz CT molecular complexity index is 1540. The molecule has 8 N–H and O–H groups in total. The van der Waals surface area contributed by atoms with Gasteiger partial charge < -0.3 is 42.5 Å². The Balaban J connectivity index is 1.28. The van der Waals surface area contributed by atoms with Crippen molar-refractivity contribution in [2.45, 2.75) is 82.3 Å². The molecule has 296 valence electrons. The van der Waals surface area contributed by atoms with Crippen LogP contribution < -0.4 is 37.6 Å². The van der Waals surface area contributed by atoms with E-state index in [0.717, 1.165) is 43.6 Å². The molecule has 0 saturated carbocycles. The standard InChI is InChI=1S/C39H57Br2N9O4/c1-44-38(53)50(29-7-3-2-4-8-29)30-14-21-49(22-15-30)39(54)47-34(25-26-23-31(40)35(43)32(41)24-26)36(51)46-33(9-5-6-16-42)37(52)48-19-12-28(13-20-48)27-10-17-45-18-11-27/h2-4,7-8,23-24,27-28,30,33-34,45H,5-6,9-22,25,42-43H2,1H3,(H,44,53)(H,46,51)(H,47,54)/t33-,34+/m0/s1. The Morgan fingerprint density at radius 2 is 1.46 bits per heavy atom. The fourth-order valence-corrected chi connectivity index (χ4v) is 9.40. The van der Waals surface area contributed by atoms with Crippen LogP contribution >= 0.6 is 31.9 Å². The summed E-state index contributed by atoms with van der Waals surface area (Å²) in [6, 6.07) is 10.8. The van der Waals surface area contributed by atoms with E-state index in [-0.39, 0.29) is 30.4 Å². The zero-order valence-corrected chi connectivity index (χ0v) is 34.5. The first-order valence-electron chi connectivity index (χ1n) is 19.4. The van der Waals surface area contributed by atoms with Crippen LogP contribution in [-0.2, 0) is 16.0 Å². The Hall–Kier alpha value is -3.40. The van der Waals surface area contributed by atoms with E-state index in [0.29, 0.717) is 84.9 Å². The molecule has 0 unspecified atom stereocenters. The van der Waals surface area contributed by atoms with E-state index in [1.165, 1.54) is 12.8 Å². The van der Waals surface area contributed by atoms with Crippen LogP contribution in [0.5, 0.6) is 0 Å². The molecule has 0 spiro atoms. The van der Waals surface area contributed by atoms with Gasteiger partial charge in [-0.15, -0.1) is 0 Å². The highest BCUT2D eigenvalue weighted by molar-refractivity contribution is 9.11. The van der Waals surface area contributed by atoms with Gasteiger partial charge in [0.05, 0.1) is 5.69 Å². The number of nitrogen functional groups attached to an aromatic ring is 1. The summed E-state index contributed by atoms with van der Waals surface area (Å²) in [5.41, 5.74) is 14.1. The molecule has 2 aromatic rings. The maximum atomic E-state index is 14.3. The predicted octanol–water partition coefficient (Wildman–Crippen LogP) is 4.58. The number of nitrogens with two attached hydrogens (primary N) is 2.